The molecule has 2 N–H and O–H groups in total. The van der Waals surface area contributed by atoms with E-state index in [1.165, 1.54) is 0 Å². The van der Waals surface area contributed by atoms with Crippen LogP contribution in [-0.2, 0) is 11.3 Å². The summed E-state index contributed by atoms with van der Waals surface area (Å²) in [6.07, 6.45) is 2.24. The molecule has 15 heavy (non-hydrogen) atoms. The molecule has 0 radical (unpaired) electrons. The molecule has 0 saturated carbocycles. The molecule has 0 amide bonds. The van der Waals surface area contributed by atoms with Gasteiger partial charge in [0, 0.05) is 25.3 Å². The smallest absolute Gasteiger partial charge is 0.124 e. The topological polar surface area (TPSA) is 53.1 Å². The lowest BCUT2D eigenvalue weighted by Crippen LogP contribution is -2.21. The summed E-state index contributed by atoms with van der Waals surface area (Å²) in [5.74, 6) is 1.48. The molecule has 2 heterocycles. The van der Waals surface area contributed by atoms with Gasteiger partial charge in [0.25, 0.3) is 0 Å². The Balaban J connectivity index is 2.06. The monoisotopic (exact) mass is 209 g/mol. The summed E-state index contributed by atoms with van der Waals surface area (Å²) >= 11 is 0. The zero-order chi connectivity index (χ0) is 10.8. The van der Waals surface area contributed by atoms with E-state index in [0.29, 0.717) is 5.92 Å². The highest BCUT2D eigenvalue weighted by Gasteiger charge is 2.17. The minimum absolute atomic E-state index is 0.666. The van der Waals surface area contributed by atoms with Gasteiger partial charge in [0.15, 0.2) is 0 Å². The van der Waals surface area contributed by atoms with Gasteiger partial charge in [-0.1, -0.05) is 0 Å². The molecule has 4 nitrogen and oxygen atoms in total. The first-order valence-electron chi connectivity index (χ1n) is 5.55. The maximum absolute atomic E-state index is 5.99. The molecule has 1 aliphatic rings. The molecule has 0 spiro atoms. The van der Waals surface area contributed by atoms with Crippen LogP contribution in [0.4, 0.5) is 5.82 Å². The Morgan fingerprint density at radius 1 is 1.40 bits per heavy atom. The van der Waals surface area contributed by atoms with Crippen LogP contribution in [0.15, 0.2) is 0 Å². The quantitative estimate of drug-likeness (QED) is 0.803. The van der Waals surface area contributed by atoms with Crippen LogP contribution in [-0.4, -0.2) is 23.0 Å². The molecular formula is C11H19N3O. The molecule has 0 atom stereocenters. The van der Waals surface area contributed by atoms with Gasteiger partial charge >= 0.3 is 0 Å². The fourth-order valence-electron chi connectivity index (χ4n) is 2.00. The van der Waals surface area contributed by atoms with Crippen LogP contribution in [0.3, 0.4) is 0 Å². The van der Waals surface area contributed by atoms with Crippen molar-refractivity contribution >= 4 is 5.82 Å². The maximum atomic E-state index is 5.99. The number of aryl methyl sites for hydroxylation is 1. The Bertz CT molecular complexity index is 340. The van der Waals surface area contributed by atoms with Gasteiger partial charge in [0.1, 0.15) is 5.82 Å². The minimum Gasteiger partial charge on any atom is -0.384 e. The number of ether oxygens (including phenoxy) is 1. The predicted octanol–water partition coefficient (Wildman–Crippen LogP) is 1.51. The van der Waals surface area contributed by atoms with Gasteiger partial charge in [0.2, 0.25) is 0 Å². The fraction of sp³-hybridized carbons (Fsp3) is 0.727. The maximum Gasteiger partial charge on any atom is 0.124 e. The summed E-state index contributed by atoms with van der Waals surface area (Å²) in [6, 6.07) is 0. The second kappa shape index (κ2) is 4.23. The molecule has 1 saturated heterocycles. The van der Waals surface area contributed by atoms with Crippen molar-refractivity contribution in [3.05, 3.63) is 11.3 Å². The number of hydrogen-bond acceptors (Lipinski definition) is 3. The van der Waals surface area contributed by atoms with Gasteiger partial charge in [-0.2, -0.15) is 5.10 Å². The normalized spacial score (nSPS) is 18.3. The highest BCUT2D eigenvalue weighted by Crippen LogP contribution is 2.21. The van der Waals surface area contributed by atoms with E-state index in [0.717, 1.165) is 49.7 Å². The summed E-state index contributed by atoms with van der Waals surface area (Å²) in [5, 5.41) is 4.45. The molecule has 2 rings (SSSR count). The Morgan fingerprint density at radius 2 is 2.07 bits per heavy atom. The Morgan fingerprint density at radius 3 is 2.60 bits per heavy atom. The molecule has 0 aliphatic carbocycles. The number of anilines is 1. The highest BCUT2D eigenvalue weighted by molar-refractivity contribution is 5.41. The third-order valence-corrected chi connectivity index (χ3v) is 3.25. The molecule has 4 heteroatoms. The first kappa shape index (κ1) is 10.5. The lowest BCUT2D eigenvalue weighted by molar-refractivity contribution is 0.0603. The fourth-order valence-corrected chi connectivity index (χ4v) is 2.00. The minimum atomic E-state index is 0.666. The van der Waals surface area contributed by atoms with Crippen LogP contribution in [0.5, 0.6) is 0 Å². The third kappa shape index (κ3) is 2.15. The second-order valence-electron chi connectivity index (χ2n) is 4.33. The van der Waals surface area contributed by atoms with Gasteiger partial charge in [0.05, 0.1) is 5.69 Å². The number of hydrogen-bond donors (Lipinski definition) is 1. The molecule has 0 unspecified atom stereocenters. The number of nitrogens with zero attached hydrogens (tertiary/aromatic N) is 2. The number of aromatic nitrogens is 2. The number of nitrogen functional groups attached to an aromatic ring is 1. The lowest BCUT2D eigenvalue weighted by Gasteiger charge is -2.22. The van der Waals surface area contributed by atoms with Crippen LogP contribution in [0.25, 0.3) is 0 Å². The lowest BCUT2D eigenvalue weighted by atomic mass is 10.0. The standard InChI is InChI=1S/C11H19N3O/c1-8-9(2)13-14(11(8)12)7-10-3-5-15-6-4-10/h10H,3-7,12H2,1-2H3. The Labute approximate surface area is 90.4 Å². The SMILES string of the molecule is Cc1nn(CC2CCOCC2)c(N)c1C. The van der Waals surface area contributed by atoms with Crippen LogP contribution in [0.2, 0.25) is 0 Å². The molecule has 0 aromatic carbocycles. The zero-order valence-corrected chi connectivity index (χ0v) is 9.49. The van der Waals surface area contributed by atoms with Crippen molar-refractivity contribution in [2.75, 3.05) is 18.9 Å². The largest absolute Gasteiger partial charge is 0.384 e. The van der Waals surface area contributed by atoms with Gasteiger partial charge < -0.3 is 10.5 Å². The Kier molecular flexibility index (Phi) is 2.95. The van der Waals surface area contributed by atoms with Crippen molar-refractivity contribution in [2.45, 2.75) is 33.2 Å². The van der Waals surface area contributed by atoms with Crippen LogP contribution >= 0.6 is 0 Å². The number of nitrogens with two attached hydrogens (primary N) is 1. The summed E-state index contributed by atoms with van der Waals surface area (Å²) < 4.78 is 7.28. The molecule has 1 aromatic rings. The van der Waals surface area contributed by atoms with Crippen molar-refractivity contribution in [3.8, 4) is 0 Å². The van der Waals surface area contributed by atoms with Gasteiger partial charge in [-0.05, 0) is 32.6 Å². The third-order valence-electron chi connectivity index (χ3n) is 3.25. The average Bonchev–Trinajstić information content (AvgIpc) is 2.48. The number of rotatable bonds is 2. The molecular weight excluding hydrogens is 190 g/mol. The molecule has 84 valence electrons. The van der Waals surface area contributed by atoms with E-state index in [9.17, 15) is 0 Å². The van der Waals surface area contributed by atoms with E-state index >= 15 is 0 Å². The molecule has 1 aromatic heterocycles. The zero-order valence-electron chi connectivity index (χ0n) is 9.49. The van der Waals surface area contributed by atoms with Crippen LogP contribution in [0.1, 0.15) is 24.1 Å². The summed E-state index contributed by atoms with van der Waals surface area (Å²) in [7, 11) is 0. The van der Waals surface area contributed by atoms with Crippen molar-refractivity contribution in [3.63, 3.8) is 0 Å². The van der Waals surface area contributed by atoms with Crippen molar-refractivity contribution in [1.82, 2.24) is 9.78 Å². The van der Waals surface area contributed by atoms with Crippen molar-refractivity contribution in [2.24, 2.45) is 5.92 Å². The van der Waals surface area contributed by atoms with Gasteiger partial charge in [-0.15, -0.1) is 0 Å². The summed E-state index contributed by atoms with van der Waals surface area (Å²) in [4.78, 5) is 0. The highest BCUT2D eigenvalue weighted by atomic mass is 16.5. The van der Waals surface area contributed by atoms with E-state index in [4.69, 9.17) is 10.5 Å². The van der Waals surface area contributed by atoms with E-state index < -0.39 is 0 Å². The second-order valence-corrected chi connectivity index (χ2v) is 4.33. The van der Waals surface area contributed by atoms with Crippen molar-refractivity contribution in [1.29, 1.82) is 0 Å². The van der Waals surface area contributed by atoms with E-state index in [2.05, 4.69) is 5.10 Å². The molecule has 1 aliphatic heterocycles. The van der Waals surface area contributed by atoms with Gasteiger partial charge in [-0.3, -0.25) is 0 Å². The molecule has 0 bridgehead atoms. The first-order valence-corrected chi connectivity index (χ1v) is 5.55. The predicted molar refractivity (Wildman–Crippen MR) is 59.7 cm³/mol. The van der Waals surface area contributed by atoms with Crippen molar-refractivity contribution < 1.29 is 4.74 Å². The van der Waals surface area contributed by atoms with E-state index in [-0.39, 0.29) is 0 Å². The first-order chi connectivity index (χ1) is 7.18. The summed E-state index contributed by atoms with van der Waals surface area (Å²) in [6.45, 7) is 6.72. The van der Waals surface area contributed by atoms with Crippen LogP contribution < -0.4 is 5.73 Å². The van der Waals surface area contributed by atoms with Gasteiger partial charge in [-0.25, -0.2) is 4.68 Å². The van der Waals surface area contributed by atoms with E-state index in [1.54, 1.807) is 0 Å². The van der Waals surface area contributed by atoms with Crippen LogP contribution in [0, 0.1) is 19.8 Å². The average molecular weight is 209 g/mol. The summed E-state index contributed by atoms with van der Waals surface area (Å²) in [5.41, 5.74) is 8.14. The molecule has 1 fully saturated rings. The van der Waals surface area contributed by atoms with E-state index in [1.807, 2.05) is 18.5 Å². The Hall–Kier alpha value is -1.03.